The number of carbonyl (C=O) groups excluding carboxylic acids is 1. The van der Waals surface area contributed by atoms with Crippen molar-refractivity contribution >= 4 is 15.9 Å². The fourth-order valence-corrected chi connectivity index (χ4v) is 3.83. The molecule has 7 heteroatoms. The Morgan fingerprint density at radius 2 is 1.76 bits per heavy atom. The lowest BCUT2D eigenvalue weighted by molar-refractivity contribution is 0.110. The highest BCUT2D eigenvalue weighted by atomic mass is 32.2. The van der Waals surface area contributed by atoms with E-state index in [2.05, 4.69) is 10.2 Å². The molecule has 1 heterocycles. The Labute approximate surface area is 127 Å². The topological polar surface area (TPSA) is 69.7 Å². The first-order valence-electron chi connectivity index (χ1n) is 7.99. The summed E-state index contributed by atoms with van der Waals surface area (Å²) in [4.78, 5) is 16.3. The Kier molecular flexibility index (Phi) is 5.87. The molecule has 2 fully saturated rings. The summed E-state index contributed by atoms with van der Waals surface area (Å²) in [6.07, 6.45) is 5.25. The van der Waals surface area contributed by atoms with Crippen LogP contribution in [0.25, 0.3) is 0 Å². The van der Waals surface area contributed by atoms with Crippen LogP contribution in [0, 0.1) is 0 Å². The summed E-state index contributed by atoms with van der Waals surface area (Å²) in [6.45, 7) is 5.18. The molecule has 6 nitrogen and oxygen atoms in total. The number of rotatable bonds is 5. The van der Waals surface area contributed by atoms with Crippen molar-refractivity contribution in [1.29, 1.82) is 0 Å². The molecule has 1 N–H and O–H groups in total. The monoisotopic (exact) mass is 317 g/mol. The van der Waals surface area contributed by atoms with Crippen molar-refractivity contribution in [2.24, 2.45) is 0 Å². The van der Waals surface area contributed by atoms with Crippen molar-refractivity contribution in [2.45, 2.75) is 38.6 Å². The van der Waals surface area contributed by atoms with E-state index in [-0.39, 0.29) is 24.1 Å². The number of piperazine rings is 1. The van der Waals surface area contributed by atoms with Crippen LogP contribution in [0.2, 0.25) is 0 Å². The highest BCUT2D eigenvalue weighted by molar-refractivity contribution is 7.91. The highest BCUT2D eigenvalue weighted by Gasteiger charge is 2.27. The molecule has 2 rings (SSSR count). The fourth-order valence-electron chi connectivity index (χ4n) is 3.13. The van der Waals surface area contributed by atoms with E-state index < -0.39 is 9.84 Å². The molecule has 0 aromatic carbocycles. The smallest absolute Gasteiger partial charge is 0.317 e. The van der Waals surface area contributed by atoms with Crippen LogP contribution in [0.3, 0.4) is 0 Å². The third-order valence-corrected chi connectivity index (χ3v) is 6.28. The van der Waals surface area contributed by atoms with Gasteiger partial charge < -0.3 is 10.2 Å². The molecule has 0 bridgehead atoms. The second-order valence-corrected chi connectivity index (χ2v) is 8.40. The number of urea groups is 1. The van der Waals surface area contributed by atoms with Gasteiger partial charge in [-0.3, -0.25) is 4.90 Å². The Morgan fingerprint density at radius 1 is 1.14 bits per heavy atom. The van der Waals surface area contributed by atoms with Crippen molar-refractivity contribution in [2.75, 3.05) is 44.2 Å². The van der Waals surface area contributed by atoms with Crippen LogP contribution in [0.4, 0.5) is 4.79 Å². The highest BCUT2D eigenvalue weighted by Crippen LogP contribution is 2.24. The van der Waals surface area contributed by atoms with Crippen molar-refractivity contribution in [3.8, 4) is 0 Å². The fraction of sp³-hybridized carbons (Fsp3) is 0.929. The first-order valence-corrected chi connectivity index (χ1v) is 9.81. The summed E-state index contributed by atoms with van der Waals surface area (Å²) in [5.41, 5.74) is 0. The minimum atomic E-state index is -3.01. The number of hydrogen-bond donors (Lipinski definition) is 1. The van der Waals surface area contributed by atoms with E-state index in [1.54, 1.807) is 11.8 Å². The number of amides is 2. The largest absolute Gasteiger partial charge is 0.337 e. The van der Waals surface area contributed by atoms with Gasteiger partial charge >= 0.3 is 6.03 Å². The van der Waals surface area contributed by atoms with Crippen LogP contribution >= 0.6 is 0 Å². The third kappa shape index (κ3) is 4.85. The van der Waals surface area contributed by atoms with Gasteiger partial charge in [0.15, 0.2) is 9.84 Å². The zero-order valence-corrected chi connectivity index (χ0v) is 13.7. The third-order valence-electron chi connectivity index (χ3n) is 4.57. The van der Waals surface area contributed by atoms with Crippen LogP contribution in [0.15, 0.2) is 0 Å². The summed E-state index contributed by atoms with van der Waals surface area (Å²) in [5, 5.41) is 2.72. The molecule has 2 aliphatic rings. The maximum Gasteiger partial charge on any atom is 0.317 e. The second kappa shape index (κ2) is 7.45. The van der Waals surface area contributed by atoms with Gasteiger partial charge in [-0.2, -0.15) is 0 Å². The quantitative estimate of drug-likeness (QED) is 0.810. The van der Waals surface area contributed by atoms with Crippen molar-refractivity contribution in [3.05, 3.63) is 0 Å². The SMILES string of the molecule is CCS(=O)(=O)CCNC(=O)N1CCN(C2CCCC2)CC1. The van der Waals surface area contributed by atoms with Crippen molar-refractivity contribution in [1.82, 2.24) is 15.1 Å². The Bertz CT molecular complexity index is 438. The van der Waals surface area contributed by atoms with Crippen LogP contribution in [0.1, 0.15) is 32.6 Å². The predicted molar refractivity (Wildman–Crippen MR) is 83.1 cm³/mol. The van der Waals surface area contributed by atoms with E-state index in [1.165, 1.54) is 25.7 Å². The molecule has 1 aliphatic carbocycles. The maximum absolute atomic E-state index is 12.0. The van der Waals surface area contributed by atoms with Gasteiger partial charge in [-0.15, -0.1) is 0 Å². The summed E-state index contributed by atoms with van der Waals surface area (Å²) in [6, 6.07) is 0.581. The van der Waals surface area contributed by atoms with E-state index in [4.69, 9.17) is 0 Å². The second-order valence-electron chi connectivity index (χ2n) is 5.93. The predicted octanol–water partition coefficient (Wildman–Crippen LogP) is 0.691. The Balaban J connectivity index is 1.68. The number of nitrogens with one attached hydrogen (secondary N) is 1. The average Bonchev–Trinajstić information content (AvgIpc) is 3.01. The minimum absolute atomic E-state index is 0.0251. The molecule has 2 amide bonds. The number of hydrogen-bond acceptors (Lipinski definition) is 4. The minimum Gasteiger partial charge on any atom is -0.337 e. The van der Waals surface area contributed by atoms with Gasteiger partial charge in [0.2, 0.25) is 0 Å². The summed E-state index contributed by atoms with van der Waals surface area (Å²) in [5.74, 6) is 0.153. The molecule has 0 radical (unpaired) electrons. The normalized spacial score (nSPS) is 21.7. The summed E-state index contributed by atoms with van der Waals surface area (Å²) in [7, 11) is -3.01. The van der Waals surface area contributed by atoms with E-state index in [1.807, 2.05) is 0 Å². The Morgan fingerprint density at radius 3 is 2.33 bits per heavy atom. The zero-order valence-electron chi connectivity index (χ0n) is 12.9. The van der Waals surface area contributed by atoms with Crippen molar-refractivity contribution < 1.29 is 13.2 Å². The number of nitrogens with zero attached hydrogens (tertiary/aromatic N) is 2. The Hall–Kier alpha value is -0.820. The van der Waals surface area contributed by atoms with Gasteiger partial charge in [0.05, 0.1) is 5.75 Å². The average molecular weight is 317 g/mol. The van der Waals surface area contributed by atoms with Gasteiger partial charge in [-0.1, -0.05) is 19.8 Å². The van der Waals surface area contributed by atoms with Crippen LogP contribution < -0.4 is 5.32 Å². The zero-order chi connectivity index (χ0) is 15.3. The molecule has 1 aliphatic heterocycles. The molecule has 122 valence electrons. The molecule has 0 spiro atoms. The number of sulfone groups is 1. The molecular formula is C14H27N3O3S. The lowest BCUT2D eigenvalue weighted by Crippen LogP contribution is -2.54. The van der Waals surface area contributed by atoms with Crippen LogP contribution in [-0.2, 0) is 9.84 Å². The van der Waals surface area contributed by atoms with Gasteiger partial charge in [0.1, 0.15) is 0 Å². The summed E-state index contributed by atoms with van der Waals surface area (Å²) >= 11 is 0. The van der Waals surface area contributed by atoms with E-state index in [0.717, 1.165) is 26.2 Å². The first kappa shape index (κ1) is 16.5. The van der Waals surface area contributed by atoms with Gasteiger partial charge in [-0.05, 0) is 12.8 Å². The van der Waals surface area contributed by atoms with E-state index in [9.17, 15) is 13.2 Å². The molecule has 0 atom stereocenters. The van der Waals surface area contributed by atoms with Gasteiger partial charge in [-0.25, -0.2) is 13.2 Å². The molecule has 0 aromatic rings. The van der Waals surface area contributed by atoms with E-state index in [0.29, 0.717) is 6.04 Å². The molecular weight excluding hydrogens is 290 g/mol. The van der Waals surface area contributed by atoms with Gasteiger partial charge in [0, 0.05) is 44.5 Å². The van der Waals surface area contributed by atoms with Crippen LogP contribution in [0.5, 0.6) is 0 Å². The maximum atomic E-state index is 12.0. The van der Waals surface area contributed by atoms with E-state index >= 15 is 0 Å². The van der Waals surface area contributed by atoms with Crippen LogP contribution in [-0.4, -0.2) is 74.5 Å². The molecule has 0 unspecified atom stereocenters. The standard InChI is InChI=1S/C14H27N3O3S/c1-2-21(19,20)12-7-15-14(18)17-10-8-16(9-11-17)13-5-3-4-6-13/h13H,2-12H2,1H3,(H,15,18). The number of carbonyl (C=O) groups is 1. The lowest BCUT2D eigenvalue weighted by Gasteiger charge is -2.38. The molecule has 1 saturated heterocycles. The first-order chi connectivity index (χ1) is 10.0. The summed E-state index contributed by atoms with van der Waals surface area (Å²) < 4.78 is 22.8. The molecule has 21 heavy (non-hydrogen) atoms. The molecule has 1 saturated carbocycles. The lowest BCUT2D eigenvalue weighted by atomic mass is 10.2. The van der Waals surface area contributed by atoms with Crippen molar-refractivity contribution in [3.63, 3.8) is 0 Å². The molecule has 0 aromatic heterocycles. The van der Waals surface area contributed by atoms with Gasteiger partial charge in [0.25, 0.3) is 0 Å².